The summed E-state index contributed by atoms with van der Waals surface area (Å²) < 4.78 is 29.4. The molecule has 0 bridgehead atoms. The number of benzene rings is 2. The molecule has 0 aliphatic carbocycles. The second kappa shape index (κ2) is 6.80. The average Bonchev–Trinajstić information content (AvgIpc) is 2.55. The van der Waals surface area contributed by atoms with E-state index in [1.54, 1.807) is 36.4 Å². The number of hydrogen-bond acceptors (Lipinski definition) is 4. The molecule has 1 amide bonds. The number of sulfonamides is 1. The molecule has 2 N–H and O–H groups in total. The quantitative estimate of drug-likeness (QED) is 0.819. The lowest BCUT2D eigenvalue weighted by molar-refractivity contribution is 0.0945. The van der Waals surface area contributed by atoms with Crippen LogP contribution in [0.4, 0.5) is 0 Å². The minimum Gasteiger partial charge on any atom is -0.497 e. The summed E-state index contributed by atoms with van der Waals surface area (Å²) in [6.07, 6.45) is 0. The summed E-state index contributed by atoms with van der Waals surface area (Å²) in [7, 11) is -2.30. The molecule has 6 nitrogen and oxygen atoms in total. The molecule has 0 aliphatic heterocycles. The highest BCUT2D eigenvalue weighted by atomic mass is 32.2. The van der Waals surface area contributed by atoms with Crippen LogP contribution < -0.4 is 15.0 Å². The van der Waals surface area contributed by atoms with Crippen molar-refractivity contribution in [2.75, 3.05) is 7.11 Å². The summed E-state index contributed by atoms with van der Waals surface area (Å²) in [5, 5.41) is 0. The van der Waals surface area contributed by atoms with E-state index >= 15 is 0 Å². The molecule has 0 aromatic heterocycles. The molecule has 0 aliphatic rings. The largest absolute Gasteiger partial charge is 0.497 e. The van der Waals surface area contributed by atoms with Gasteiger partial charge in [0.05, 0.1) is 12.0 Å². The topological polar surface area (TPSA) is 84.5 Å². The van der Waals surface area contributed by atoms with E-state index in [1.807, 2.05) is 13.8 Å². The van der Waals surface area contributed by atoms with E-state index < -0.39 is 15.9 Å². The van der Waals surface area contributed by atoms with Gasteiger partial charge in [0.15, 0.2) is 0 Å². The number of hydrogen-bond donors (Lipinski definition) is 2. The van der Waals surface area contributed by atoms with Gasteiger partial charge in [-0.05, 0) is 61.4 Å². The standard InChI is InChI=1S/C16H18N2O4S/c1-11-4-9-15(10-12(11)2)23(20,21)18-17-16(19)13-5-7-14(22-3)8-6-13/h4-10,18H,1-3H3,(H,17,19). The first-order valence-corrected chi connectivity index (χ1v) is 8.35. The molecule has 0 unspecified atom stereocenters. The molecule has 0 saturated heterocycles. The number of rotatable bonds is 5. The van der Waals surface area contributed by atoms with Crippen molar-refractivity contribution < 1.29 is 17.9 Å². The third-order valence-corrected chi connectivity index (χ3v) is 4.69. The molecular weight excluding hydrogens is 316 g/mol. The zero-order valence-electron chi connectivity index (χ0n) is 13.1. The zero-order chi connectivity index (χ0) is 17.0. The van der Waals surface area contributed by atoms with Crippen molar-refractivity contribution in [1.82, 2.24) is 10.3 Å². The van der Waals surface area contributed by atoms with Gasteiger partial charge in [-0.1, -0.05) is 6.07 Å². The van der Waals surface area contributed by atoms with Crippen molar-refractivity contribution in [2.45, 2.75) is 18.7 Å². The fourth-order valence-corrected chi connectivity index (χ4v) is 2.79. The van der Waals surface area contributed by atoms with Gasteiger partial charge >= 0.3 is 0 Å². The van der Waals surface area contributed by atoms with Gasteiger partial charge in [-0.2, -0.15) is 0 Å². The van der Waals surface area contributed by atoms with Crippen LogP contribution in [0.2, 0.25) is 0 Å². The van der Waals surface area contributed by atoms with Crippen molar-refractivity contribution in [2.24, 2.45) is 0 Å². The Labute approximate surface area is 135 Å². The summed E-state index contributed by atoms with van der Waals surface area (Å²) in [6, 6.07) is 11.1. The number of hydrazine groups is 1. The SMILES string of the molecule is COc1ccc(C(=O)NNS(=O)(=O)c2ccc(C)c(C)c2)cc1. The molecule has 23 heavy (non-hydrogen) atoms. The molecule has 0 spiro atoms. The minimum absolute atomic E-state index is 0.0932. The van der Waals surface area contributed by atoms with Crippen LogP contribution in [0.5, 0.6) is 5.75 Å². The third-order valence-electron chi connectivity index (χ3n) is 3.44. The van der Waals surface area contributed by atoms with Gasteiger partial charge < -0.3 is 4.74 Å². The highest BCUT2D eigenvalue weighted by Crippen LogP contribution is 2.14. The molecule has 0 saturated carbocycles. The summed E-state index contributed by atoms with van der Waals surface area (Å²) in [4.78, 5) is 14.1. The second-order valence-corrected chi connectivity index (χ2v) is 6.72. The molecule has 0 heterocycles. The maximum Gasteiger partial charge on any atom is 0.266 e. The van der Waals surface area contributed by atoms with E-state index in [0.717, 1.165) is 11.1 Å². The van der Waals surface area contributed by atoms with Gasteiger partial charge in [-0.3, -0.25) is 10.2 Å². The zero-order valence-corrected chi connectivity index (χ0v) is 13.9. The molecule has 0 radical (unpaired) electrons. The minimum atomic E-state index is -3.82. The van der Waals surface area contributed by atoms with Gasteiger partial charge in [-0.15, -0.1) is 4.83 Å². The molecule has 7 heteroatoms. The summed E-state index contributed by atoms with van der Waals surface area (Å²) >= 11 is 0. The first-order valence-electron chi connectivity index (χ1n) is 6.87. The van der Waals surface area contributed by atoms with Crippen LogP contribution in [0, 0.1) is 13.8 Å². The summed E-state index contributed by atoms with van der Waals surface area (Å²) in [6.45, 7) is 3.72. The Bertz CT molecular complexity index is 814. The number of carbonyl (C=O) groups is 1. The monoisotopic (exact) mass is 334 g/mol. The number of aryl methyl sites for hydroxylation is 2. The number of methoxy groups -OCH3 is 1. The number of nitrogens with one attached hydrogen (secondary N) is 2. The molecule has 2 aromatic rings. The predicted molar refractivity (Wildman–Crippen MR) is 86.7 cm³/mol. The second-order valence-electron chi connectivity index (χ2n) is 5.03. The van der Waals surface area contributed by atoms with Crippen LogP contribution >= 0.6 is 0 Å². The van der Waals surface area contributed by atoms with Crippen molar-refractivity contribution in [3.8, 4) is 5.75 Å². The van der Waals surface area contributed by atoms with Gasteiger partial charge in [0.1, 0.15) is 5.75 Å². The molecule has 0 fully saturated rings. The molecular formula is C16H18N2O4S. The normalized spacial score (nSPS) is 11.1. The van der Waals surface area contributed by atoms with Crippen molar-refractivity contribution >= 4 is 15.9 Å². The van der Waals surface area contributed by atoms with Crippen LogP contribution in [0.3, 0.4) is 0 Å². The van der Waals surface area contributed by atoms with E-state index in [9.17, 15) is 13.2 Å². The Morgan fingerprint density at radius 3 is 2.22 bits per heavy atom. The average molecular weight is 334 g/mol. The van der Waals surface area contributed by atoms with Crippen molar-refractivity contribution in [1.29, 1.82) is 0 Å². The molecule has 122 valence electrons. The fraction of sp³-hybridized carbons (Fsp3) is 0.188. The van der Waals surface area contributed by atoms with E-state index in [0.29, 0.717) is 11.3 Å². The summed E-state index contributed by atoms with van der Waals surface area (Å²) in [5.41, 5.74) is 4.35. The highest BCUT2D eigenvalue weighted by Gasteiger charge is 2.16. The van der Waals surface area contributed by atoms with Gasteiger partial charge in [0.25, 0.3) is 15.9 Å². The summed E-state index contributed by atoms with van der Waals surface area (Å²) in [5.74, 6) is 0.0531. The van der Waals surface area contributed by atoms with Crippen LogP contribution in [-0.2, 0) is 10.0 Å². The Morgan fingerprint density at radius 1 is 1.00 bits per heavy atom. The van der Waals surface area contributed by atoms with Crippen molar-refractivity contribution in [3.63, 3.8) is 0 Å². The highest BCUT2D eigenvalue weighted by molar-refractivity contribution is 7.89. The lowest BCUT2D eigenvalue weighted by Gasteiger charge is -2.10. The number of ether oxygens (including phenoxy) is 1. The maximum absolute atomic E-state index is 12.2. The van der Waals surface area contributed by atoms with Crippen LogP contribution in [0.15, 0.2) is 47.4 Å². The molecule has 0 atom stereocenters. The number of amides is 1. The van der Waals surface area contributed by atoms with Crippen LogP contribution in [0.25, 0.3) is 0 Å². The molecule has 2 rings (SSSR count). The Morgan fingerprint density at radius 2 is 1.65 bits per heavy atom. The Balaban J connectivity index is 2.08. The number of carbonyl (C=O) groups excluding carboxylic acids is 1. The van der Waals surface area contributed by atoms with E-state index in [1.165, 1.54) is 13.2 Å². The molecule has 2 aromatic carbocycles. The first-order chi connectivity index (χ1) is 10.8. The Hall–Kier alpha value is -2.38. The van der Waals surface area contributed by atoms with E-state index in [2.05, 4.69) is 10.3 Å². The lowest BCUT2D eigenvalue weighted by atomic mass is 10.1. The van der Waals surface area contributed by atoms with Gasteiger partial charge in [0, 0.05) is 5.56 Å². The fourth-order valence-electron chi connectivity index (χ4n) is 1.87. The van der Waals surface area contributed by atoms with Crippen molar-refractivity contribution in [3.05, 3.63) is 59.2 Å². The van der Waals surface area contributed by atoms with Gasteiger partial charge in [-0.25, -0.2) is 8.42 Å². The first kappa shape index (κ1) is 17.0. The van der Waals surface area contributed by atoms with Gasteiger partial charge in [0.2, 0.25) is 0 Å². The third kappa shape index (κ3) is 4.08. The van der Waals surface area contributed by atoms with Crippen LogP contribution in [0.1, 0.15) is 21.5 Å². The Kier molecular flexibility index (Phi) is 5.02. The lowest BCUT2D eigenvalue weighted by Crippen LogP contribution is -2.41. The van der Waals surface area contributed by atoms with Crippen LogP contribution in [-0.4, -0.2) is 21.4 Å². The smallest absolute Gasteiger partial charge is 0.266 e. The predicted octanol–water partition coefficient (Wildman–Crippen LogP) is 1.94. The van der Waals surface area contributed by atoms with E-state index in [-0.39, 0.29) is 4.90 Å². The maximum atomic E-state index is 12.2. The van der Waals surface area contributed by atoms with E-state index in [4.69, 9.17) is 4.74 Å².